The Morgan fingerprint density at radius 1 is 1.06 bits per heavy atom. The summed E-state index contributed by atoms with van der Waals surface area (Å²) in [6.07, 6.45) is 8.10. The van der Waals surface area contributed by atoms with Crippen LogP contribution in [0.25, 0.3) is 10.9 Å². The van der Waals surface area contributed by atoms with Gasteiger partial charge in [-0.2, -0.15) is 0 Å². The fourth-order valence-electron chi connectivity index (χ4n) is 2.97. The van der Waals surface area contributed by atoms with Gasteiger partial charge in [-0.3, -0.25) is 0 Å². The largest absolute Gasteiger partial charge is 0.361 e. The molecule has 0 unspecified atom stereocenters. The number of nitrogens with one attached hydrogen (secondary N) is 1. The molecule has 0 spiro atoms. The van der Waals surface area contributed by atoms with Crippen molar-refractivity contribution in [3.63, 3.8) is 0 Å². The van der Waals surface area contributed by atoms with Crippen LogP contribution in [-0.2, 0) is 5.54 Å². The highest BCUT2D eigenvalue weighted by Crippen LogP contribution is 2.37. The van der Waals surface area contributed by atoms with Gasteiger partial charge in [-0.1, -0.05) is 31.4 Å². The maximum Gasteiger partial charge on any atom is 0.0457 e. The summed E-state index contributed by atoms with van der Waals surface area (Å²) < 4.78 is 0. The van der Waals surface area contributed by atoms with E-state index in [2.05, 4.69) is 29.2 Å². The Kier molecular flexibility index (Phi) is 2.25. The maximum absolute atomic E-state index is 6.59. The van der Waals surface area contributed by atoms with Crippen molar-refractivity contribution in [2.24, 2.45) is 5.73 Å². The lowest BCUT2D eigenvalue weighted by Gasteiger charge is -2.34. The summed E-state index contributed by atoms with van der Waals surface area (Å²) in [4.78, 5) is 3.26. The molecule has 0 saturated heterocycles. The average molecular weight is 214 g/mol. The Bertz CT molecular complexity index is 492. The zero-order valence-electron chi connectivity index (χ0n) is 9.50. The molecule has 1 fully saturated rings. The highest BCUT2D eigenvalue weighted by Gasteiger charge is 2.30. The molecule has 16 heavy (non-hydrogen) atoms. The molecule has 1 aliphatic rings. The molecule has 0 aliphatic heterocycles. The van der Waals surface area contributed by atoms with Crippen LogP contribution in [0.1, 0.15) is 37.7 Å². The lowest BCUT2D eigenvalue weighted by atomic mass is 9.76. The van der Waals surface area contributed by atoms with E-state index in [0.717, 1.165) is 12.8 Å². The van der Waals surface area contributed by atoms with E-state index in [0.29, 0.717) is 0 Å². The van der Waals surface area contributed by atoms with E-state index in [4.69, 9.17) is 5.73 Å². The zero-order chi connectivity index (χ0) is 11.0. The van der Waals surface area contributed by atoms with Crippen molar-refractivity contribution in [2.75, 3.05) is 0 Å². The second-order valence-corrected chi connectivity index (χ2v) is 4.96. The smallest absolute Gasteiger partial charge is 0.0457 e. The van der Waals surface area contributed by atoms with Crippen molar-refractivity contribution in [3.05, 3.63) is 36.0 Å². The molecule has 1 aromatic heterocycles. The quantitative estimate of drug-likeness (QED) is 0.751. The summed E-state index contributed by atoms with van der Waals surface area (Å²) in [7, 11) is 0. The summed E-state index contributed by atoms with van der Waals surface area (Å²) in [5.41, 5.74) is 9.02. The van der Waals surface area contributed by atoms with E-state index < -0.39 is 0 Å². The number of hydrogen-bond acceptors (Lipinski definition) is 1. The molecule has 0 radical (unpaired) electrons. The summed E-state index contributed by atoms with van der Waals surface area (Å²) in [6.45, 7) is 0. The van der Waals surface area contributed by atoms with E-state index in [1.807, 2.05) is 6.20 Å². The van der Waals surface area contributed by atoms with E-state index >= 15 is 0 Å². The Hall–Kier alpha value is -1.28. The third-order valence-electron chi connectivity index (χ3n) is 3.88. The molecule has 0 bridgehead atoms. The van der Waals surface area contributed by atoms with Crippen LogP contribution in [-0.4, -0.2) is 4.98 Å². The minimum atomic E-state index is -0.0973. The van der Waals surface area contributed by atoms with Gasteiger partial charge < -0.3 is 10.7 Å². The second kappa shape index (κ2) is 3.63. The lowest BCUT2D eigenvalue weighted by Crippen LogP contribution is -2.38. The molecule has 1 aromatic carbocycles. The number of rotatable bonds is 1. The van der Waals surface area contributed by atoms with Crippen molar-refractivity contribution in [1.82, 2.24) is 4.98 Å². The Morgan fingerprint density at radius 3 is 2.69 bits per heavy atom. The molecule has 1 aliphatic carbocycles. The Balaban J connectivity index is 2.13. The molecule has 0 atom stereocenters. The molecule has 1 heterocycles. The van der Waals surface area contributed by atoms with Crippen LogP contribution in [0.4, 0.5) is 0 Å². The predicted molar refractivity (Wildman–Crippen MR) is 67.2 cm³/mol. The highest BCUT2D eigenvalue weighted by molar-refractivity contribution is 5.83. The molecule has 84 valence electrons. The number of aromatic amines is 1. The summed E-state index contributed by atoms with van der Waals surface area (Å²) in [6, 6.07) is 8.57. The number of aromatic nitrogens is 1. The van der Waals surface area contributed by atoms with Crippen molar-refractivity contribution in [3.8, 4) is 0 Å². The van der Waals surface area contributed by atoms with E-state index in [-0.39, 0.29) is 5.54 Å². The van der Waals surface area contributed by atoms with Gasteiger partial charge in [0.05, 0.1) is 0 Å². The molecule has 3 N–H and O–H groups in total. The van der Waals surface area contributed by atoms with Gasteiger partial charge >= 0.3 is 0 Å². The number of benzene rings is 1. The van der Waals surface area contributed by atoms with Gasteiger partial charge in [0.15, 0.2) is 0 Å². The first-order valence-corrected chi connectivity index (χ1v) is 6.15. The van der Waals surface area contributed by atoms with Crippen molar-refractivity contribution < 1.29 is 0 Å². The SMILES string of the molecule is NC1(c2cccc3[nH]ccc23)CCCCC1. The van der Waals surface area contributed by atoms with Crippen LogP contribution in [0.3, 0.4) is 0 Å². The summed E-state index contributed by atoms with van der Waals surface area (Å²) in [5, 5.41) is 1.30. The predicted octanol–water partition coefficient (Wildman–Crippen LogP) is 3.29. The van der Waals surface area contributed by atoms with Gasteiger partial charge in [-0.15, -0.1) is 0 Å². The first-order valence-electron chi connectivity index (χ1n) is 6.15. The van der Waals surface area contributed by atoms with Crippen LogP contribution in [0.2, 0.25) is 0 Å². The first-order chi connectivity index (χ1) is 7.80. The van der Waals surface area contributed by atoms with Gasteiger partial charge in [0.1, 0.15) is 0 Å². The molecule has 1 saturated carbocycles. The molecule has 2 heteroatoms. The maximum atomic E-state index is 6.59. The average Bonchev–Trinajstić information content (AvgIpc) is 2.77. The minimum absolute atomic E-state index is 0.0973. The summed E-state index contributed by atoms with van der Waals surface area (Å²) >= 11 is 0. The third-order valence-corrected chi connectivity index (χ3v) is 3.88. The standard InChI is InChI=1S/C14H18N2/c15-14(8-2-1-3-9-14)12-5-4-6-13-11(12)7-10-16-13/h4-7,10,16H,1-3,8-9,15H2. The van der Waals surface area contributed by atoms with Gasteiger partial charge in [-0.25, -0.2) is 0 Å². The monoisotopic (exact) mass is 214 g/mol. The molecular weight excluding hydrogens is 196 g/mol. The Labute approximate surface area is 95.8 Å². The van der Waals surface area contributed by atoms with Crippen molar-refractivity contribution >= 4 is 10.9 Å². The molecule has 2 aromatic rings. The van der Waals surface area contributed by atoms with E-state index in [9.17, 15) is 0 Å². The number of hydrogen-bond donors (Lipinski definition) is 2. The molecule has 0 amide bonds. The number of fused-ring (bicyclic) bond motifs is 1. The topological polar surface area (TPSA) is 41.8 Å². The number of H-pyrrole nitrogens is 1. The van der Waals surface area contributed by atoms with Gasteiger partial charge in [0.25, 0.3) is 0 Å². The second-order valence-electron chi connectivity index (χ2n) is 4.96. The Morgan fingerprint density at radius 2 is 1.88 bits per heavy atom. The van der Waals surface area contributed by atoms with Crippen LogP contribution in [0, 0.1) is 0 Å². The first kappa shape index (κ1) is 9.91. The molecular formula is C14H18N2. The van der Waals surface area contributed by atoms with Gasteiger partial charge in [0, 0.05) is 22.6 Å². The fourth-order valence-corrected chi connectivity index (χ4v) is 2.97. The van der Waals surface area contributed by atoms with Crippen molar-refractivity contribution in [1.29, 1.82) is 0 Å². The van der Waals surface area contributed by atoms with Crippen molar-refractivity contribution in [2.45, 2.75) is 37.6 Å². The number of nitrogens with two attached hydrogens (primary N) is 1. The summed E-state index contributed by atoms with van der Waals surface area (Å²) in [5.74, 6) is 0. The van der Waals surface area contributed by atoms with Crippen LogP contribution in [0.5, 0.6) is 0 Å². The van der Waals surface area contributed by atoms with Gasteiger partial charge in [-0.05, 0) is 30.5 Å². The minimum Gasteiger partial charge on any atom is -0.361 e. The molecule has 3 rings (SSSR count). The molecule has 2 nitrogen and oxygen atoms in total. The van der Waals surface area contributed by atoms with Crippen LogP contribution in [0.15, 0.2) is 30.5 Å². The highest BCUT2D eigenvalue weighted by atomic mass is 14.8. The van der Waals surface area contributed by atoms with Crippen LogP contribution >= 0.6 is 0 Å². The zero-order valence-corrected chi connectivity index (χ0v) is 9.50. The normalized spacial score (nSPS) is 20.1. The van der Waals surface area contributed by atoms with E-state index in [1.54, 1.807) is 0 Å². The van der Waals surface area contributed by atoms with Crippen LogP contribution < -0.4 is 5.73 Å². The van der Waals surface area contributed by atoms with E-state index in [1.165, 1.54) is 35.7 Å². The van der Waals surface area contributed by atoms with Gasteiger partial charge in [0.2, 0.25) is 0 Å². The lowest BCUT2D eigenvalue weighted by molar-refractivity contribution is 0.304. The fraction of sp³-hybridized carbons (Fsp3) is 0.429. The third kappa shape index (κ3) is 1.45.